The molecule has 0 radical (unpaired) electrons. The van der Waals surface area contributed by atoms with Crippen LogP contribution in [-0.2, 0) is 9.53 Å². The number of hydrogen-bond acceptors (Lipinski definition) is 5. The molecule has 7 heteroatoms. The Bertz CT molecular complexity index is 531. The Hall–Kier alpha value is -2.15. The molecule has 1 aromatic rings. The number of nitro benzene ring substituents is 1. The zero-order valence-corrected chi connectivity index (χ0v) is 11.4. The van der Waals surface area contributed by atoms with Crippen molar-refractivity contribution in [3.63, 3.8) is 0 Å². The predicted molar refractivity (Wildman–Crippen MR) is 72.0 cm³/mol. The van der Waals surface area contributed by atoms with E-state index in [1.54, 1.807) is 18.1 Å². The molecule has 0 aliphatic carbocycles. The van der Waals surface area contributed by atoms with Gasteiger partial charge in [-0.25, -0.2) is 0 Å². The molecule has 0 N–H and O–H groups in total. The molecule has 0 spiro atoms. The number of anilines is 1. The second kappa shape index (κ2) is 5.87. The average Bonchev–Trinajstić information content (AvgIpc) is 2.44. The van der Waals surface area contributed by atoms with E-state index in [9.17, 15) is 14.9 Å². The molecule has 0 saturated carbocycles. The maximum atomic E-state index is 12.3. The Morgan fingerprint density at radius 1 is 1.50 bits per heavy atom. The zero-order chi connectivity index (χ0) is 14.7. The molecule has 1 aliphatic heterocycles. The van der Waals surface area contributed by atoms with Crippen molar-refractivity contribution in [1.82, 2.24) is 0 Å². The van der Waals surface area contributed by atoms with E-state index in [1.807, 2.05) is 6.92 Å². The number of methoxy groups -OCH3 is 1. The summed E-state index contributed by atoms with van der Waals surface area (Å²) in [5, 5.41) is 10.8. The van der Waals surface area contributed by atoms with Crippen molar-refractivity contribution in [3.8, 4) is 5.75 Å². The first-order valence-corrected chi connectivity index (χ1v) is 6.34. The van der Waals surface area contributed by atoms with Gasteiger partial charge in [-0.15, -0.1) is 0 Å². The van der Waals surface area contributed by atoms with Gasteiger partial charge in [-0.2, -0.15) is 0 Å². The van der Waals surface area contributed by atoms with Crippen molar-refractivity contribution >= 4 is 17.3 Å². The van der Waals surface area contributed by atoms with Gasteiger partial charge in [0.2, 0.25) is 0 Å². The molecule has 108 valence electrons. The minimum atomic E-state index is -0.663. The number of fused-ring (bicyclic) bond motifs is 1. The Labute approximate surface area is 116 Å². The third kappa shape index (κ3) is 2.57. The SMILES string of the molecule is CCN1C(=O)C(CCOC)Oc2cc([N+](=O)[O-])ccc21. The quantitative estimate of drug-likeness (QED) is 0.606. The van der Waals surface area contributed by atoms with Crippen molar-refractivity contribution in [1.29, 1.82) is 0 Å². The summed E-state index contributed by atoms with van der Waals surface area (Å²) >= 11 is 0. The van der Waals surface area contributed by atoms with Gasteiger partial charge in [0.15, 0.2) is 11.9 Å². The van der Waals surface area contributed by atoms with E-state index in [1.165, 1.54) is 12.1 Å². The molecule has 7 nitrogen and oxygen atoms in total. The minimum Gasteiger partial charge on any atom is -0.478 e. The summed E-state index contributed by atoms with van der Waals surface area (Å²) in [6, 6.07) is 4.26. The molecule has 0 aromatic heterocycles. The fourth-order valence-electron chi connectivity index (χ4n) is 2.16. The lowest BCUT2D eigenvalue weighted by Gasteiger charge is -2.33. The number of nitro groups is 1. The highest BCUT2D eigenvalue weighted by Crippen LogP contribution is 2.37. The molecule has 2 rings (SSSR count). The van der Waals surface area contributed by atoms with Crippen LogP contribution >= 0.6 is 0 Å². The van der Waals surface area contributed by atoms with Crippen LogP contribution in [0.3, 0.4) is 0 Å². The maximum absolute atomic E-state index is 12.3. The van der Waals surface area contributed by atoms with Crippen LogP contribution < -0.4 is 9.64 Å². The Kier molecular flexibility index (Phi) is 4.19. The number of benzene rings is 1. The molecule has 1 aliphatic rings. The van der Waals surface area contributed by atoms with Gasteiger partial charge in [0.25, 0.3) is 11.6 Å². The van der Waals surface area contributed by atoms with Gasteiger partial charge in [0.05, 0.1) is 23.3 Å². The van der Waals surface area contributed by atoms with E-state index in [4.69, 9.17) is 9.47 Å². The number of nitrogens with zero attached hydrogens (tertiary/aromatic N) is 2. The second-order valence-corrected chi connectivity index (χ2v) is 4.38. The van der Waals surface area contributed by atoms with Gasteiger partial charge in [-0.1, -0.05) is 0 Å². The molecule has 1 heterocycles. The number of ether oxygens (including phenoxy) is 2. The van der Waals surface area contributed by atoms with E-state index in [-0.39, 0.29) is 11.6 Å². The van der Waals surface area contributed by atoms with Gasteiger partial charge in [-0.05, 0) is 13.0 Å². The molecule has 0 fully saturated rings. The van der Waals surface area contributed by atoms with E-state index in [2.05, 4.69) is 0 Å². The fraction of sp³-hybridized carbons (Fsp3) is 0.462. The van der Waals surface area contributed by atoms with Crippen LogP contribution in [0, 0.1) is 10.1 Å². The lowest BCUT2D eigenvalue weighted by Crippen LogP contribution is -2.46. The van der Waals surface area contributed by atoms with Gasteiger partial charge < -0.3 is 14.4 Å². The number of amides is 1. The highest BCUT2D eigenvalue weighted by atomic mass is 16.6. The van der Waals surface area contributed by atoms with Gasteiger partial charge in [-0.3, -0.25) is 14.9 Å². The molecule has 1 unspecified atom stereocenters. The van der Waals surface area contributed by atoms with E-state index < -0.39 is 11.0 Å². The monoisotopic (exact) mass is 280 g/mol. The van der Waals surface area contributed by atoms with Crippen molar-refractivity contribution in [3.05, 3.63) is 28.3 Å². The van der Waals surface area contributed by atoms with Crippen LogP contribution in [0.5, 0.6) is 5.75 Å². The summed E-state index contributed by atoms with van der Waals surface area (Å²) in [4.78, 5) is 24.1. The lowest BCUT2D eigenvalue weighted by molar-refractivity contribution is -0.384. The minimum absolute atomic E-state index is 0.0559. The first kappa shape index (κ1) is 14.3. The summed E-state index contributed by atoms with van der Waals surface area (Å²) in [7, 11) is 1.55. The molecule has 1 atom stereocenters. The molecule has 20 heavy (non-hydrogen) atoms. The summed E-state index contributed by atoms with van der Waals surface area (Å²) in [6.07, 6.45) is -0.252. The van der Waals surface area contributed by atoms with Crippen molar-refractivity contribution < 1.29 is 19.2 Å². The number of hydrogen-bond donors (Lipinski definition) is 0. The fourth-order valence-corrected chi connectivity index (χ4v) is 2.16. The summed E-state index contributed by atoms with van der Waals surface area (Å²) in [5.41, 5.74) is 0.511. The number of likely N-dealkylation sites (N-methyl/N-ethyl adjacent to an activating group) is 1. The van der Waals surface area contributed by atoms with Crippen LogP contribution in [0.2, 0.25) is 0 Å². The predicted octanol–water partition coefficient (Wildman–Crippen LogP) is 1.75. The maximum Gasteiger partial charge on any atom is 0.273 e. The van der Waals surface area contributed by atoms with Crippen LogP contribution in [0.1, 0.15) is 13.3 Å². The number of carbonyl (C=O) groups excluding carboxylic acids is 1. The molecular weight excluding hydrogens is 264 g/mol. The van der Waals surface area contributed by atoms with E-state index >= 15 is 0 Å². The highest BCUT2D eigenvalue weighted by molar-refractivity contribution is 6.00. The zero-order valence-electron chi connectivity index (χ0n) is 11.4. The van der Waals surface area contributed by atoms with Crippen molar-refractivity contribution in [2.75, 3.05) is 25.2 Å². The van der Waals surface area contributed by atoms with E-state index in [0.717, 1.165) is 0 Å². The topological polar surface area (TPSA) is 81.9 Å². The highest BCUT2D eigenvalue weighted by Gasteiger charge is 2.34. The first-order valence-electron chi connectivity index (χ1n) is 6.34. The lowest BCUT2D eigenvalue weighted by atomic mass is 10.1. The van der Waals surface area contributed by atoms with Gasteiger partial charge in [0.1, 0.15) is 0 Å². The van der Waals surface area contributed by atoms with Crippen LogP contribution in [0.15, 0.2) is 18.2 Å². The number of non-ortho nitro benzene ring substituents is 1. The largest absolute Gasteiger partial charge is 0.478 e. The Morgan fingerprint density at radius 2 is 2.25 bits per heavy atom. The molecule has 1 aromatic carbocycles. The van der Waals surface area contributed by atoms with Gasteiger partial charge >= 0.3 is 0 Å². The molecule has 0 bridgehead atoms. The third-order valence-electron chi connectivity index (χ3n) is 3.16. The van der Waals surface area contributed by atoms with Crippen LogP contribution in [0.25, 0.3) is 0 Å². The van der Waals surface area contributed by atoms with Crippen LogP contribution in [-0.4, -0.2) is 37.2 Å². The average molecular weight is 280 g/mol. The third-order valence-corrected chi connectivity index (χ3v) is 3.16. The Balaban J connectivity index is 2.35. The molecular formula is C13H16N2O5. The van der Waals surface area contributed by atoms with Crippen LogP contribution in [0.4, 0.5) is 11.4 Å². The summed E-state index contributed by atoms with van der Waals surface area (Å²) in [5.74, 6) is 0.215. The second-order valence-electron chi connectivity index (χ2n) is 4.38. The number of rotatable bonds is 5. The smallest absolute Gasteiger partial charge is 0.273 e. The number of carbonyl (C=O) groups is 1. The first-order chi connectivity index (χ1) is 9.58. The Morgan fingerprint density at radius 3 is 2.85 bits per heavy atom. The van der Waals surface area contributed by atoms with Crippen molar-refractivity contribution in [2.45, 2.75) is 19.4 Å². The van der Waals surface area contributed by atoms with Crippen molar-refractivity contribution in [2.24, 2.45) is 0 Å². The summed E-state index contributed by atoms with van der Waals surface area (Å²) in [6.45, 7) is 2.72. The van der Waals surface area contributed by atoms with E-state index in [0.29, 0.717) is 31.0 Å². The normalized spacial score (nSPS) is 17.6. The molecule has 1 amide bonds. The molecule has 0 saturated heterocycles. The standard InChI is InChI=1S/C13H16N2O5/c1-3-14-10-5-4-9(15(17)18)8-12(10)20-11(13(14)16)6-7-19-2/h4-5,8,11H,3,6-7H2,1-2H3. The summed E-state index contributed by atoms with van der Waals surface area (Å²) < 4.78 is 10.5. The van der Waals surface area contributed by atoms with Gasteiger partial charge in [0, 0.05) is 26.1 Å².